The number of hydrogen-bond donors (Lipinski definition) is 1. The second-order valence-electron chi connectivity index (χ2n) is 5.17. The first-order valence-electron chi connectivity index (χ1n) is 5.37. The van der Waals surface area contributed by atoms with Crippen molar-refractivity contribution in [3.05, 3.63) is 0 Å². The van der Waals surface area contributed by atoms with Crippen LogP contribution in [0.4, 0.5) is 0 Å². The molecule has 1 amide bonds. The predicted octanol–water partition coefficient (Wildman–Crippen LogP) is 0.564. The number of rotatable bonds is 2. The second kappa shape index (κ2) is 4.31. The van der Waals surface area contributed by atoms with Crippen LogP contribution in [0, 0.1) is 0 Å². The van der Waals surface area contributed by atoms with Gasteiger partial charge in [0.2, 0.25) is 5.91 Å². The van der Waals surface area contributed by atoms with Crippen molar-refractivity contribution in [3.8, 4) is 0 Å². The summed E-state index contributed by atoms with van der Waals surface area (Å²) in [5.74, 6) is 0.225. The molecule has 0 aromatic carbocycles. The third-order valence-electron chi connectivity index (χ3n) is 2.48. The zero-order chi connectivity index (χ0) is 11.6. The highest BCUT2D eigenvalue weighted by atomic mass is 16.2. The number of Topliss-reactive ketones (excluding diaryl/α,β-unsaturated/α-hetero) is 1. The van der Waals surface area contributed by atoms with E-state index in [2.05, 4.69) is 5.32 Å². The molecule has 0 bridgehead atoms. The fraction of sp³-hybridized carbons (Fsp3) is 0.818. The van der Waals surface area contributed by atoms with Gasteiger partial charge in [-0.05, 0) is 27.7 Å². The average molecular weight is 212 g/mol. The van der Waals surface area contributed by atoms with E-state index >= 15 is 0 Å². The van der Waals surface area contributed by atoms with Crippen molar-refractivity contribution >= 4 is 11.7 Å². The fourth-order valence-corrected chi connectivity index (χ4v) is 1.62. The molecule has 1 aliphatic rings. The Morgan fingerprint density at radius 3 is 2.47 bits per heavy atom. The van der Waals surface area contributed by atoms with Crippen molar-refractivity contribution in [1.29, 1.82) is 0 Å². The molecule has 0 aromatic rings. The lowest BCUT2D eigenvalue weighted by molar-refractivity contribution is -0.127. The van der Waals surface area contributed by atoms with E-state index in [1.807, 2.05) is 32.6 Å². The van der Waals surface area contributed by atoms with E-state index in [1.165, 1.54) is 0 Å². The van der Waals surface area contributed by atoms with Crippen LogP contribution in [0.25, 0.3) is 0 Å². The first-order valence-corrected chi connectivity index (χ1v) is 5.37. The number of carbonyl (C=O) groups is 2. The molecule has 1 rings (SSSR count). The summed E-state index contributed by atoms with van der Waals surface area (Å²) >= 11 is 0. The van der Waals surface area contributed by atoms with E-state index in [0.717, 1.165) is 0 Å². The molecule has 0 radical (unpaired) electrons. The number of ketones is 1. The van der Waals surface area contributed by atoms with Gasteiger partial charge in [-0.25, -0.2) is 0 Å². The Labute approximate surface area is 91.0 Å². The standard InChI is InChI=1S/C11H20N2O2/c1-8(10(15)12-11(2,3)4)13-6-5-9(14)7-13/h8H,5-7H2,1-4H3,(H,12,15). The van der Waals surface area contributed by atoms with Crippen molar-refractivity contribution < 1.29 is 9.59 Å². The Kier molecular flexibility index (Phi) is 3.50. The van der Waals surface area contributed by atoms with Crippen LogP contribution in [-0.2, 0) is 9.59 Å². The topological polar surface area (TPSA) is 49.4 Å². The van der Waals surface area contributed by atoms with Gasteiger partial charge in [0, 0.05) is 18.5 Å². The van der Waals surface area contributed by atoms with E-state index < -0.39 is 0 Å². The molecule has 1 N–H and O–H groups in total. The predicted molar refractivity (Wildman–Crippen MR) is 58.6 cm³/mol. The van der Waals surface area contributed by atoms with E-state index in [4.69, 9.17) is 0 Å². The van der Waals surface area contributed by atoms with Crippen LogP contribution in [-0.4, -0.2) is 41.3 Å². The van der Waals surface area contributed by atoms with Crippen LogP contribution >= 0.6 is 0 Å². The molecule has 0 spiro atoms. The number of nitrogens with one attached hydrogen (secondary N) is 1. The van der Waals surface area contributed by atoms with E-state index in [-0.39, 0.29) is 23.3 Å². The number of likely N-dealkylation sites (tertiary alicyclic amines) is 1. The van der Waals surface area contributed by atoms with Gasteiger partial charge in [-0.1, -0.05) is 0 Å². The zero-order valence-electron chi connectivity index (χ0n) is 9.96. The second-order valence-corrected chi connectivity index (χ2v) is 5.17. The molecule has 1 aliphatic heterocycles. The Hall–Kier alpha value is -0.900. The maximum Gasteiger partial charge on any atom is 0.237 e. The largest absolute Gasteiger partial charge is 0.350 e. The van der Waals surface area contributed by atoms with Gasteiger partial charge in [0.15, 0.2) is 0 Å². The molecule has 0 aromatic heterocycles. The summed E-state index contributed by atoms with van der Waals surface area (Å²) < 4.78 is 0. The molecule has 0 saturated carbocycles. The molecule has 4 heteroatoms. The van der Waals surface area contributed by atoms with Crippen LogP contribution in [0.3, 0.4) is 0 Å². The van der Waals surface area contributed by atoms with E-state index in [1.54, 1.807) is 0 Å². The maximum absolute atomic E-state index is 11.8. The Morgan fingerprint density at radius 1 is 1.47 bits per heavy atom. The molecule has 86 valence electrons. The summed E-state index contributed by atoms with van der Waals surface area (Å²) in [6.07, 6.45) is 0.577. The lowest BCUT2D eigenvalue weighted by atomic mass is 10.1. The molecule has 1 fully saturated rings. The minimum Gasteiger partial charge on any atom is -0.350 e. The monoisotopic (exact) mass is 212 g/mol. The normalized spacial score (nSPS) is 20.4. The Balaban J connectivity index is 2.50. The highest BCUT2D eigenvalue weighted by Gasteiger charge is 2.29. The molecule has 1 unspecified atom stereocenters. The molecule has 0 aliphatic carbocycles. The van der Waals surface area contributed by atoms with Gasteiger partial charge < -0.3 is 5.32 Å². The fourth-order valence-electron chi connectivity index (χ4n) is 1.62. The van der Waals surface area contributed by atoms with Crippen molar-refractivity contribution in [2.45, 2.75) is 45.7 Å². The van der Waals surface area contributed by atoms with Gasteiger partial charge in [-0.3, -0.25) is 14.5 Å². The Morgan fingerprint density at radius 2 is 2.07 bits per heavy atom. The first-order chi connectivity index (χ1) is 6.79. The molecular formula is C11H20N2O2. The SMILES string of the molecule is CC(C(=O)NC(C)(C)C)N1CCC(=O)C1. The number of nitrogens with zero attached hydrogens (tertiary/aromatic N) is 1. The summed E-state index contributed by atoms with van der Waals surface area (Å²) in [7, 11) is 0. The number of amides is 1. The van der Waals surface area contributed by atoms with Gasteiger partial charge in [0.05, 0.1) is 12.6 Å². The van der Waals surface area contributed by atoms with Gasteiger partial charge in [0.1, 0.15) is 5.78 Å². The van der Waals surface area contributed by atoms with E-state index in [9.17, 15) is 9.59 Å². The third kappa shape index (κ3) is 3.63. The Bertz CT molecular complexity index is 268. The summed E-state index contributed by atoms with van der Waals surface area (Å²) in [5.41, 5.74) is -0.213. The van der Waals surface area contributed by atoms with Gasteiger partial charge in [0.25, 0.3) is 0 Å². The molecule has 15 heavy (non-hydrogen) atoms. The van der Waals surface area contributed by atoms with Crippen molar-refractivity contribution in [2.24, 2.45) is 0 Å². The maximum atomic E-state index is 11.8. The quantitative estimate of drug-likeness (QED) is 0.728. The molecule has 1 saturated heterocycles. The minimum absolute atomic E-state index is 0.00259. The molecule has 1 atom stereocenters. The zero-order valence-corrected chi connectivity index (χ0v) is 9.96. The van der Waals surface area contributed by atoms with Crippen molar-refractivity contribution in [3.63, 3.8) is 0 Å². The van der Waals surface area contributed by atoms with Crippen molar-refractivity contribution in [1.82, 2.24) is 10.2 Å². The molecule has 4 nitrogen and oxygen atoms in total. The lowest BCUT2D eigenvalue weighted by Crippen LogP contribution is -2.50. The third-order valence-corrected chi connectivity index (χ3v) is 2.48. The van der Waals surface area contributed by atoms with Crippen LogP contribution in [0.1, 0.15) is 34.1 Å². The van der Waals surface area contributed by atoms with Crippen LogP contribution in [0.5, 0.6) is 0 Å². The highest BCUT2D eigenvalue weighted by Crippen LogP contribution is 2.10. The molecule has 1 heterocycles. The summed E-state index contributed by atoms with van der Waals surface area (Å²) in [6, 6.07) is -0.212. The summed E-state index contributed by atoms with van der Waals surface area (Å²) in [5, 5.41) is 2.92. The van der Waals surface area contributed by atoms with Gasteiger partial charge >= 0.3 is 0 Å². The first kappa shape index (κ1) is 12.2. The van der Waals surface area contributed by atoms with Crippen LogP contribution in [0.2, 0.25) is 0 Å². The van der Waals surface area contributed by atoms with Gasteiger partial charge in [-0.2, -0.15) is 0 Å². The van der Waals surface area contributed by atoms with Gasteiger partial charge in [-0.15, -0.1) is 0 Å². The number of carbonyl (C=O) groups excluding carboxylic acids is 2. The average Bonchev–Trinajstić information content (AvgIpc) is 2.47. The highest BCUT2D eigenvalue weighted by molar-refractivity contribution is 5.86. The molecular weight excluding hydrogens is 192 g/mol. The van der Waals surface area contributed by atoms with Crippen LogP contribution in [0.15, 0.2) is 0 Å². The van der Waals surface area contributed by atoms with Crippen LogP contribution < -0.4 is 5.32 Å². The lowest BCUT2D eigenvalue weighted by Gasteiger charge is -2.27. The summed E-state index contributed by atoms with van der Waals surface area (Å²) in [6.45, 7) is 8.82. The van der Waals surface area contributed by atoms with Crippen molar-refractivity contribution in [2.75, 3.05) is 13.1 Å². The number of hydrogen-bond acceptors (Lipinski definition) is 3. The summed E-state index contributed by atoms with van der Waals surface area (Å²) in [4.78, 5) is 24.8. The van der Waals surface area contributed by atoms with E-state index in [0.29, 0.717) is 19.5 Å². The smallest absolute Gasteiger partial charge is 0.237 e. The minimum atomic E-state index is -0.213.